The van der Waals surface area contributed by atoms with Gasteiger partial charge in [0.25, 0.3) is 0 Å². The normalized spacial score (nSPS) is 12.0. The van der Waals surface area contributed by atoms with E-state index >= 15 is 0 Å². The summed E-state index contributed by atoms with van der Waals surface area (Å²) in [4.78, 5) is 23.3. The molecule has 0 saturated heterocycles. The molecule has 0 aliphatic heterocycles. The van der Waals surface area contributed by atoms with E-state index in [0.717, 1.165) is 12.0 Å². The van der Waals surface area contributed by atoms with Crippen molar-refractivity contribution < 1.29 is 9.59 Å². The van der Waals surface area contributed by atoms with E-state index in [4.69, 9.17) is 11.6 Å². The summed E-state index contributed by atoms with van der Waals surface area (Å²) >= 11 is 5.97. The molecule has 0 saturated carbocycles. The van der Waals surface area contributed by atoms with Crippen LogP contribution < -0.4 is 10.6 Å². The molecule has 1 unspecified atom stereocenters. The Kier molecular flexibility index (Phi) is 7.23. The minimum Gasteiger partial charge on any atom is -0.356 e. The Morgan fingerprint density at radius 2 is 2.00 bits per heavy atom. The summed E-state index contributed by atoms with van der Waals surface area (Å²) in [5.41, 5.74) is 0.830. The average molecular weight is 311 g/mol. The van der Waals surface area contributed by atoms with Gasteiger partial charge in [0.15, 0.2) is 0 Å². The molecule has 2 amide bonds. The van der Waals surface area contributed by atoms with Crippen LogP contribution in [0, 0.1) is 5.92 Å². The molecule has 0 aliphatic rings. The van der Waals surface area contributed by atoms with Gasteiger partial charge in [-0.05, 0) is 30.0 Å². The Morgan fingerprint density at radius 1 is 1.29 bits per heavy atom. The summed E-state index contributed by atoms with van der Waals surface area (Å²) in [5, 5.41) is 6.26. The highest BCUT2D eigenvalue weighted by molar-refractivity contribution is 6.30. The molecule has 0 aliphatic carbocycles. The van der Waals surface area contributed by atoms with Crippen molar-refractivity contribution in [1.29, 1.82) is 0 Å². The first-order valence-electron chi connectivity index (χ1n) is 7.17. The van der Waals surface area contributed by atoms with Gasteiger partial charge in [-0.2, -0.15) is 0 Å². The van der Waals surface area contributed by atoms with Crippen LogP contribution in [0.15, 0.2) is 24.3 Å². The van der Waals surface area contributed by atoms with E-state index in [0.29, 0.717) is 17.5 Å². The summed E-state index contributed by atoms with van der Waals surface area (Å²) in [5.74, 6) is 0.300. The van der Waals surface area contributed by atoms with Crippen LogP contribution in [-0.2, 0) is 9.59 Å². The van der Waals surface area contributed by atoms with Crippen molar-refractivity contribution in [3.8, 4) is 0 Å². The molecular weight excluding hydrogens is 288 g/mol. The molecule has 0 spiro atoms. The molecular formula is C16H23ClN2O2. The van der Waals surface area contributed by atoms with Gasteiger partial charge in [0.05, 0.1) is 12.5 Å². The van der Waals surface area contributed by atoms with E-state index in [2.05, 4.69) is 24.5 Å². The molecule has 0 radical (unpaired) electrons. The molecule has 21 heavy (non-hydrogen) atoms. The Bertz CT molecular complexity index is 489. The van der Waals surface area contributed by atoms with Crippen LogP contribution in [0.4, 0.5) is 0 Å². The largest absolute Gasteiger partial charge is 0.356 e. The third kappa shape index (κ3) is 7.14. The summed E-state index contributed by atoms with van der Waals surface area (Å²) in [7, 11) is 0. The van der Waals surface area contributed by atoms with Gasteiger partial charge in [-0.25, -0.2) is 0 Å². The molecule has 1 atom stereocenters. The number of hydrogen-bond acceptors (Lipinski definition) is 2. The summed E-state index contributed by atoms with van der Waals surface area (Å²) in [6.45, 7) is 6.31. The molecule has 0 aromatic heterocycles. The second kappa shape index (κ2) is 8.67. The average Bonchev–Trinajstić information content (AvgIpc) is 2.37. The molecule has 116 valence electrons. The van der Waals surface area contributed by atoms with Crippen LogP contribution in [0.5, 0.6) is 0 Å². The Morgan fingerprint density at radius 3 is 2.57 bits per heavy atom. The lowest BCUT2D eigenvalue weighted by atomic mass is 10.0. The predicted octanol–water partition coefficient (Wildman–Crippen LogP) is 3.07. The maximum Gasteiger partial charge on any atom is 0.222 e. The van der Waals surface area contributed by atoms with E-state index in [1.807, 2.05) is 12.1 Å². The third-order valence-electron chi connectivity index (χ3n) is 3.06. The van der Waals surface area contributed by atoms with E-state index < -0.39 is 0 Å². The lowest BCUT2D eigenvalue weighted by molar-refractivity contribution is -0.122. The maximum atomic E-state index is 12.0. The molecule has 0 heterocycles. The van der Waals surface area contributed by atoms with Crippen molar-refractivity contribution in [2.24, 2.45) is 5.92 Å². The highest BCUT2D eigenvalue weighted by Crippen LogP contribution is 2.20. The summed E-state index contributed by atoms with van der Waals surface area (Å²) in [6, 6.07) is 6.83. The first-order valence-corrected chi connectivity index (χ1v) is 7.55. The number of carbonyl (C=O) groups excluding carboxylic acids is 2. The van der Waals surface area contributed by atoms with Crippen molar-refractivity contribution >= 4 is 23.4 Å². The number of halogens is 1. The quantitative estimate of drug-likeness (QED) is 0.813. The van der Waals surface area contributed by atoms with Gasteiger partial charge in [0, 0.05) is 18.5 Å². The van der Waals surface area contributed by atoms with Crippen molar-refractivity contribution in [2.45, 2.75) is 39.7 Å². The first kappa shape index (κ1) is 17.5. The van der Waals surface area contributed by atoms with Crippen LogP contribution in [0.3, 0.4) is 0 Å². The number of rotatable bonds is 7. The van der Waals surface area contributed by atoms with Gasteiger partial charge in [0.1, 0.15) is 0 Å². The molecule has 1 aromatic carbocycles. The number of benzene rings is 1. The van der Waals surface area contributed by atoms with Crippen molar-refractivity contribution in [3.63, 3.8) is 0 Å². The molecule has 2 N–H and O–H groups in total. The van der Waals surface area contributed by atoms with Gasteiger partial charge in [-0.1, -0.05) is 37.6 Å². The fourth-order valence-corrected chi connectivity index (χ4v) is 2.18. The van der Waals surface area contributed by atoms with Gasteiger partial charge in [-0.3, -0.25) is 9.59 Å². The molecule has 5 heteroatoms. The highest BCUT2D eigenvalue weighted by atomic mass is 35.5. The standard InChI is InChI=1S/C16H23ClN2O2/c1-11(2)7-8-18-16(21)10-15(19-12(3)20)13-5-4-6-14(17)9-13/h4-6,9,11,15H,7-8,10H2,1-3H3,(H,18,21)(H,19,20). The topological polar surface area (TPSA) is 58.2 Å². The Hall–Kier alpha value is -1.55. The van der Waals surface area contributed by atoms with Gasteiger partial charge >= 0.3 is 0 Å². The van der Waals surface area contributed by atoms with E-state index in [1.165, 1.54) is 6.92 Å². The lowest BCUT2D eigenvalue weighted by Gasteiger charge is -2.18. The maximum absolute atomic E-state index is 12.0. The van der Waals surface area contributed by atoms with Crippen molar-refractivity contribution in [3.05, 3.63) is 34.9 Å². The fourth-order valence-electron chi connectivity index (χ4n) is 1.98. The zero-order chi connectivity index (χ0) is 15.8. The Labute approximate surface area is 131 Å². The molecule has 0 fully saturated rings. The van der Waals surface area contributed by atoms with Crippen LogP contribution in [-0.4, -0.2) is 18.4 Å². The summed E-state index contributed by atoms with van der Waals surface area (Å²) < 4.78 is 0. The minimum atomic E-state index is -0.361. The highest BCUT2D eigenvalue weighted by Gasteiger charge is 2.17. The Balaban J connectivity index is 2.66. The van der Waals surface area contributed by atoms with E-state index in [9.17, 15) is 9.59 Å². The number of amides is 2. The van der Waals surface area contributed by atoms with Crippen molar-refractivity contribution in [1.82, 2.24) is 10.6 Å². The van der Waals surface area contributed by atoms with Crippen LogP contribution in [0.1, 0.15) is 45.2 Å². The third-order valence-corrected chi connectivity index (χ3v) is 3.30. The number of carbonyl (C=O) groups is 2. The first-order chi connectivity index (χ1) is 9.88. The van der Waals surface area contributed by atoms with Gasteiger partial charge in [0.2, 0.25) is 11.8 Å². The zero-order valence-electron chi connectivity index (χ0n) is 12.8. The van der Waals surface area contributed by atoms with E-state index in [-0.39, 0.29) is 24.3 Å². The molecule has 1 aromatic rings. The lowest BCUT2D eigenvalue weighted by Crippen LogP contribution is -2.33. The predicted molar refractivity (Wildman–Crippen MR) is 85.1 cm³/mol. The minimum absolute atomic E-state index is 0.0747. The SMILES string of the molecule is CC(=O)NC(CC(=O)NCCC(C)C)c1cccc(Cl)c1. The van der Waals surface area contributed by atoms with Crippen molar-refractivity contribution in [2.75, 3.05) is 6.54 Å². The van der Waals surface area contributed by atoms with Crippen LogP contribution in [0.2, 0.25) is 5.02 Å². The van der Waals surface area contributed by atoms with Gasteiger partial charge in [-0.15, -0.1) is 0 Å². The molecule has 4 nitrogen and oxygen atoms in total. The van der Waals surface area contributed by atoms with Crippen LogP contribution in [0.25, 0.3) is 0 Å². The monoisotopic (exact) mass is 310 g/mol. The van der Waals surface area contributed by atoms with Gasteiger partial charge < -0.3 is 10.6 Å². The van der Waals surface area contributed by atoms with Crippen LogP contribution >= 0.6 is 11.6 Å². The second-order valence-corrected chi connectivity index (χ2v) is 5.98. The second-order valence-electron chi connectivity index (χ2n) is 5.54. The fraction of sp³-hybridized carbons (Fsp3) is 0.500. The van der Waals surface area contributed by atoms with E-state index in [1.54, 1.807) is 12.1 Å². The smallest absolute Gasteiger partial charge is 0.222 e. The number of hydrogen-bond donors (Lipinski definition) is 2. The zero-order valence-corrected chi connectivity index (χ0v) is 13.5. The molecule has 0 bridgehead atoms. The molecule has 1 rings (SSSR count). The summed E-state index contributed by atoms with van der Waals surface area (Å²) in [6.07, 6.45) is 1.14. The number of nitrogens with one attached hydrogen (secondary N) is 2.